The first kappa shape index (κ1) is 13.6. The molecule has 0 saturated heterocycles. The van der Waals surface area contributed by atoms with Crippen LogP contribution in [0.5, 0.6) is 5.75 Å². The smallest absolute Gasteiger partial charge is 0.307 e. The van der Waals surface area contributed by atoms with Crippen LogP contribution in [0.2, 0.25) is 0 Å². The number of methoxy groups -OCH3 is 1. The molecule has 0 radical (unpaired) electrons. The van der Waals surface area contributed by atoms with Gasteiger partial charge in [0.25, 0.3) is 0 Å². The summed E-state index contributed by atoms with van der Waals surface area (Å²) in [5, 5.41) is 0. The summed E-state index contributed by atoms with van der Waals surface area (Å²) in [5.74, 6) is 0.514. The summed E-state index contributed by atoms with van der Waals surface area (Å²) in [6, 6.07) is 5.70. The highest BCUT2D eigenvalue weighted by atomic mass is 32.1. The number of aromatic amines is 1. The predicted molar refractivity (Wildman–Crippen MR) is 74.9 cm³/mol. The maximum atomic E-state index is 11.4. The number of aromatic nitrogens is 2. The minimum Gasteiger partial charge on any atom is -0.494 e. The maximum Gasteiger partial charge on any atom is 0.307 e. The second kappa shape index (κ2) is 5.88. The van der Waals surface area contributed by atoms with E-state index in [0.717, 1.165) is 16.8 Å². The number of nitrogens with one attached hydrogen (secondary N) is 1. The zero-order chi connectivity index (χ0) is 13.8. The number of esters is 1. The Morgan fingerprint density at radius 3 is 2.95 bits per heavy atom. The van der Waals surface area contributed by atoms with Crippen LogP contribution in [-0.2, 0) is 16.1 Å². The molecule has 1 N–H and O–H groups in total. The van der Waals surface area contributed by atoms with E-state index in [-0.39, 0.29) is 5.97 Å². The normalized spacial score (nSPS) is 10.6. The van der Waals surface area contributed by atoms with Crippen molar-refractivity contribution in [1.82, 2.24) is 9.55 Å². The van der Waals surface area contributed by atoms with Crippen molar-refractivity contribution in [1.29, 1.82) is 0 Å². The molecule has 2 rings (SSSR count). The van der Waals surface area contributed by atoms with Crippen LogP contribution in [0.3, 0.4) is 0 Å². The summed E-state index contributed by atoms with van der Waals surface area (Å²) >= 11 is 5.28. The van der Waals surface area contributed by atoms with Crippen LogP contribution in [0.4, 0.5) is 0 Å². The van der Waals surface area contributed by atoms with Gasteiger partial charge in [-0.1, -0.05) is 6.07 Å². The average molecular weight is 280 g/mol. The maximum absolute atomic E-state index is 11.4. The van der Waals surface area contributed by atoms with Gasteiger partial charge in [0.05, 0.1) is 25.7 Å². The molecule has 0 fully saturated rings. The van der Waals surface area contributed by atoms with Crippen molar-refractivity contribution >= 4 is 29.2 Å². The summed E-state index contributed by atoms with van der Waals surface area (Å²) in [5.41, 5.74) is 1.77. The second-order valence-corrected chi connectivity index (χ2v) is 4.38. The van der Waals surface area contributed by atoms with Gasteiger partial charge in [0.15, 0.2) is 4.77 Å². The van der Waals surface area contributed by atoms with Crippen molar-refractivity contribution < 1.29 is 14.3 Å². The number of hydrogen-bond donors (Lipinski definition) is 1. The van der Waals surface area contributed by atoms with Crippen molar-refractivity contribution in [3.05, 3.63) is 23.0 Å². The molecular formula is C13H16N2O3S. The number of fused-ring (bicyclic) bond motifs is 1. The lowest BCUT2D eigenvalue weighted by Gasteiger charge is -2.05. The molecule has 0 aliphatic carbocycles. The Morgan fingerprint density at radius 2 is 2.26 bits per heavy atom. The molecule has 5 nitrogen and oxygen atoms in total. The number of ether oxygens (including phenoxy) is 2. The van der Waals surface area contributed by atoms with Gasteiger partial charge in [0, 0.05) is 6.54 Å². The quantitative estimate of drug-likeness (QED) is 0.676. The average Bonchev–Trinajstić information content (AvgIpc) is 2.72. The van der Waals surface area contributed by atoms with Crippen molar-refractivity contribution in [3.63, 3.8) is 0 Å². The number of nitrogens with zero attached hydrogens (tertiary/aromatic N) is 1. The van der Waals surface area contributed by atoms with Crippen molar-refractivity contribution in [2.75, 3.05) is 13.7 Å². The summed E-state index contributed by atoms with van der Waals surface area (Å²) in [4.78, 5) is 14.5. The van der Waals surface area contributed by atoms with Crippen molar-refractivity contribution in [3.8, 4) is 5.75 Å². The van der Waals surface area contributed by atoms with E-state index in [0.29, 0.717) is 24.3 Å². The Bertz CT molecular complexity index is 645. The predicted octanol–water partition coefficient (Wildman–Crippen LogP) is 2.66. The standard InChI is InChI=1S/C13H16N2O3S/c1-3-18-11(16)7-8-15-9-5-4-6-10(17-2)12(9)14-13(15)19/h4-6H,3,7-8H2,1-2H3,(H,14,19). The SMILES string of the molecule is CCOC(=O)CCn1c(=S)[nH]c2c(OC)cccc21. The molecule has 1 aromatic carbocycles. The first-order valence-electron chi connectivity index (χ1n) is 6.08. The number of H-pyrrole nitrogens is 1. The number of imidazole rings is 1. The number of benzene rings is 1. The molecule has 1 aromatic heterocycles. The van der Waals surface area contributed by atoms with Gasteiger partial charge < -0.3 is 19.0 Å². The Hall–Kier alpha value is -1.82. The van der Waals surface area contributed by atoms with E-state index in [9.17, 15) is 4.79 Å². The molecule has 19 heavy (non-hydrogen) atoms. The molecule has 2 aromatic rings. The van der Waals surface area contributed by atoms with Gasteiger partial charge in [-0.2, -0.15) is 0 Å². The summed E-state index contributed by atoms with van der Waals surface area (Å²) in [6.45, 7) is 2.68. The fourth-order valence-electron chi connectivity index (χ4n) is 1.98. The van der Waals surface area contributed by atoms with Crippen LogP contribution in [0.15, 0.2) is 18.2 Å². The van der Waals surface area contributed by atoms with Crippen LogP contribution in [0.1, 0.15) is 13.3 Å². The lowest BCUT2D eigenvalue weighted by Crippen LogP contribution is -2.09. The third-order valence-corrected chi connectivity index (χ3v) is 3.16. The van der Waals surface area contributed by atoms with Gasteiger partial charge in [-0.25, -0.2) is 0 Å². The highest BCUT2D eigenvalue weighted by Gasteiger charge is 2.10. The summed E-state index contributed by atoms with van der Waals surface area (Å²) in [6.07, 6.45) is 0.298. The van der Waals surface area contributed by atoms with E-state index in [1.54, 1.807) is 14.0 Å². The lowest BCUT2D eigenvalue weighted by atomic mass is 10.3. The molecule has 0 aliphatic heterocycles. The van der Waals surface area contributed by atoms with Gasteiger partial charge in [-0.05, 0) is 31.3 Å². The zero-order valence-corrected chi connectivity index (χ0v) is 11.8. The monoisotopic (exact) mass is 280 g/mol. The third-order valence-electron chi connectivity index (χ3n) is 2.84. The molecule has 102 valence electrons. The number of rotatable bonds is 5. The van der Waals surface area contributed by atoms with Gasteiger partial charge in [0.2, 0.25) is 0 Å². The molecule has 1 heterocycles. The molecule has 0 saturated carbocycles. The number of hydrogen-bond acceptors (Lipinski definition) is 4. The Morgan fingerprint density at radius 1 is 1.47 bits per heavy atom. The van der Waals surface area contributed by atoms with Crippen LogP contribution in [-0.4, -0.2) is 29.2 Å². The fourth-order valence-corrected chi connectivity index (χ4v) is 2.27. The summed E-state index contributed by atoms with van der Waals surface area (Å²) in [7, 11) is 1.61. The van der Waals surface area contributed by atoms with E-state index >= 15 is 0 Å². The summed E-state index contributed by atoms with van der Waals surface area (Å²) < 4.78 is 12.6. The number of aryl methyl sites for hydroxylation is 1. The van der Waals surface area contributed by atoms with Crippen molar-refractivity contribution in [2.45, 2.75) is 19.9 Å². The van der Waals surface area contributed by atoms with Gasteiger partial charge in [0.1, 0.15) is 11.3 Å². The van der Waals surface area contributed by atoms with Gasteiger partial charge in [-0.3, -0.25) is 4.79 Å². The Kier molecular flexibility index (Phi) is 4.21. The van der Waals surface area contributed by atoms with E-state index in [1.165, 1.54) is 0 Å². The molecule has 0 bridgehead atoms. The first-order chi connectivity index (χ1) is 9.17. The minimum absolute atomic E-state index is 0.221. The molecule has 0 aliphatic rings. The molecule has 0 spiro atoms. The van der Waals surface area contributed by atoms with Gasteiger partial charge in [-0.15, -0.1) is 0 Å². The van der Waals surface area contributed by atoms with E-state index in [2.05, 4.69) is 4.98 Å². The molecule has 0 amide bonds. The second-order valence-electron chi connectivity index (χ2n) is 3.99. The van der Waals surface area contributed by atoms with E-state index in [4.69, 9.17) is 21.7 Å². The van der Waals surface area contributed by atoms with Crippen LogP contribution in [0.25, 0.3) is 11.0 Å². The Balaban J connectivity index is 2.31. The largest absolute Gasteiger partial charge is 0.494 e. The molecule has 0 unspecified atom stereocenters. The first-order valence-corrected chi connectivity index (χ1v) is 6.49. The third kappa shape index (κ3) is 2.78. The lowest BCUT2D eigenvalue weighted by molar-refractivity contribution is -0.143. The van der Waals surface area contributed by atoms with Crippen LogP contribution >= 0.6 is 12.2 Å². The van der Waals surface area contributed by atoms with Crippen LogP contribution in [0, 0.1) is 4.77 Å². The van der Waals surface area contributed by atoms with Gasteiger partial charge >= 0.3 is 5.97 Å². The topological polar surface area (TPSA) is 56.2 Å². The molecule has 0 atom stereocenters. The minimum atomic E-state index is -0.221. The Labute approximate surface area is 116 Å². The zero-order valence-electron chi connectivity index (χ0n) is 10.9. The fraction of sp³-hybridized carbons (Fsp3) is 0.385. The van der Waals surface area contributed by atoms with Crippen molar-refractivity contribution in [2.24, 2.45) is 0 Å². The van der Waals surface area contributed by atoms with Crippen LogP contribution < -0.4 is 4.74 Å². The van der Waals surface area contributed by atoms with E-state index in [1.807, 2.05) is 22.8 Å². The number of para-hydroxylation sites is 1. The van der Waals surface area contributed by atoms with E-state index < -0.39 is 0 Å². The number of carbonyl (C=O) groups excluding carboxylic acids is 1. The highest BCUT2D eigenvalue weighted by Crippen LogP contribution is 2.24. The highest BCUT2D eigenvalue weighted by molar-refractivity contribution is 7.71. The molecule has 6 heteroatoms. The number of carbonyl (C=O) groups is 1. The molecular weight excluding hydrogens is 264 g/mol.